The molecule has 0 atom stereocenters. The summed E-state index contributed by atoms with van der Waals surface area (Å²) < 4.78 is 10.6. The number of hydrogen-bond acceptors (Lipinski definition) is 6. The van der Waals surface area contributed by atoms with E-state index in [0.717, 1.165) is 16.9 Å². The molecule has 1 aromatic heterocycles. The molecule has 4 rings (SSSR count). The zero-order chi connectivity index (χ0) is 17.9. The van der Waals surface area contributed by atoms with Gasteiger partial charge in [0.05, 0.1) is 0 Å². The zero-order valence-electron chi connectivity index (χ0n) is 14.0. The average molecular weight is 348 g/mol. The number of anilines is 3. The molecular formula is C19H16N4O3. The van der Waals surface area contributed by atoms with Crippen LogP contribution < -0.4 is 20.1 Å². The first kappa shape index (κ1) is 15.9. The predicted molar refractivity (Wildman–Crippen MR) is 97.0 cm³/mol. The summed E-state index contributed by atoms with van der Waals surface area (Å²) in [6.07, 6.45) is 0. The number of rotatable bonds is 4. The number of amides is 1. The van der Waals surface area contributed by atoms with Gasteiger partial charge in [-0.05, 0) is 48.9 Å². The lowest BCUT2D eigenvalue weighted by atomic mass is 10.2. The van der Waals surface area contributed by atoms with Gasteiger partial charge < -0.3 is 20.1 Å². The number of benzene rings is 2. The summed E-state index contributed by atoms with van der Waals surface area (Å²) in [5, 5.41) is 14.0. The van der Waals surface area contributed by atoms with E-state index in [9.17, 15) is 4.79 Å². The topological polar surface area (TPSA) is 85.4 Å². The molecule has 2 N–H and O–H groups in total. The number of nitrogens with zero attached hydrogens (tertiary/aromatic N) is 2. The SMILES string of the molecule is Cc1cccc(NC(=O)c2ccc(Nc3ccc4c(c3)OCO4)nn2)c1. The summed E-state index contributed by atoms with van der Waals surface area (Å²) in [4.78, 5) is 12.3. The molecule has 0 saturated carbocycles. The van der Waals surface area contributed by atoms with Crippen LogP contribution in [0.1, 0.15) is 16.1 Å². The highest BCUT2D eigenvalue weighted by Crippen LogP contribution is 2.34. The predicted octanol–water partition coefficient (Wildman–Crippen LogP) is 3.51. The number of fused-ring (bicyclic) bond motifs is 1. The molecule has 0 bridgehead atoms. The van der Waals surface area contributed by atoms with Crippen LogP contribution >= 0.6 is 0 Å². The largest absolute Gasteiger partial charge is 0.454 e. The van der Waals surface area contributed by atoms with E-state index in [1.165, 1.54) is 0 Å². The van der Waals surface area contributed by atoms with Crippen molar-refractivity contribution in [2.75, 3.05) is 17.4 Å². The Labute approximate surface area is 150 Å². The van der Waals surface area contributed by atoms with Gasteiger partial charge >= 0.3 is 0 Å². The lowest BCUT2D eigenvalue weighted by Gasteiger charge is -2.07. The Kier molecular flexibility index (Phi) is 4.10. The van der Waals surface area contributed by atoms with Gasteiger partial charge in [0.25, 0.3) is 5.91 Å². The van der Waals surface area contributed by atoms with Gasteiger partial charge in [-0.2, -0.15) is 0 Å². The van der Waals surface area contributed by atoms with Crippen molar-refractivity contribution in [3.8, 4) is 11.5 Å². The fraction of sp³-hybridized carbons (Fsp3) is 0.105. The molecular weight excluding hydrogens is 332 g/mol. The number of aromatic nitrogens is 2. The standard InChI is InChI=1S/C19H16N4O3/c1-12-3-2-4-13(9-12)21-19(24)15-6-8-18(23-22-15)20-14-5-7-16-17(10-14)26-11-25-16/h2-10H,11H2,1H3,(H,20,23)(H,21,24). The Morgan fingerprint density at radius 1 is 0.962 bits per heavy atom. The summed E-state index contributed by atoms with van der Waals surface area (Å²) >= 11 is 0. The molecule has 7 heteroatoms. The first-order chi connectivity index (χ1) is 12.7. The first-order valence-corrected chi connectivity index (χ1v) is 8.06. The van der Waals surface area contributed by atoms with E-state index < -0.39 is 0 Å². The van der Waals surface area contributed by atoms with Crippen LogP contribution in [0.3, 0.4) is 0 Å². The van der Waals surface area contributed by atoms with Crippen molar-refractivity contribution in [2.45, 2.75) is 6.92 Å². The van der Waals surface area contributed by atoms with Crippen LogP contribution in [0.25, 0.3) is 0 Å². The minimum Gasteiger partial charge on any atom is -0.454 e. The van der Waals surface area contributed by atoms with Gasteiger partial charge in [0.2, 0.25) is 6.79 Å². The summed E-state index contributed by atoms with van der Waals surface area (Å²) in [6.45, 7) is 2.19. The lowest BCUT2D eigenvalue weighted by Crippen LogP contribution is -2.14. The second-order valence-corrected chi connectivity index (χ2v) is 5.82. The molecule has 3 aromatic rings. The maximum Gasteiger partial charge on any atom is 0.276 e. The highest BCUT2D eigenvalue weighted by molar-refractivity contribution is 6.02. The molecule has 1 amide bonds. The molecule has 0 unspecified atom stereocenters. The smallest absolute Gasteiger partial charge is 0.276 e. The van der Waals surface area contributed by atoms with Crippen molar-refractivity contribution < 1.29 is 14.3 Å². The van der Waals surface area contributed by atoms with Crippen molar-refractivity contribution >= 4 is 23.1 Å². The van der Waals surface area contributed by atoms with E-state index in [-0.39, 0.29) is 18.4 Å². The molecule has 26 heavy (non-hydrogen) atoms. The Balaban J connectivity index is 1.44. The third-order valence-corrected chi connectivity index (χ3v) is 3.82. The van der Waals surface area contributed by atoms with Gasteiger partial charge in [0.1, 0.15) is 0 Å². The Hall–Kier alpha value is -3.61. The van der Waals surface area contributed by atoms with Crippen molar-refractivity contribution in [3.63, 3.8) is 0 Å². The van der Waals surface area contributed by atoms with Crippen LogP contribution in [-0.2, 0) is 0 Å². The zero-order valence-corrected chi connectivity index (χ0v) is 14.0. The number of carbonyl (C=O) groups is 1. The third kappa shape index (κ3) is 3.41. The lowest BCUT2D eigenvalue weighted by molar-refractivity contribution is 0.102. The van der Waals surface area contributed by atoms with Gasteiger partial charge in [-0.25, -0.2) is 0 Å². The molecule has 0 spiro atoms. The molecule has 130 valence electrons. The van der Waals surface area contributed by atoms with Crippen molar-refractivity contribution in [1.82, 2.24) is 10.2 Å². The fourth-order valence-electron chi connectivity index (χ4n) is 2.56. The third-order valence-electron chi connectivity index (χ3n) is 3.82. The maximum absolute atomic E-state index is 12.3. The van der Waals surface area contributed by atoms with E-state index in [4.69, 9.17) is 9.47 Å². The summed E-state index contributed by atoms with van der Waals surface area (Å²) in [5.41, 5.74) is 2.82. The number of carbonyl (C=O) groups excluding carboxylic acids is 1. The maximum atomic E-state index is 12.3. The van der Waals surface area contributed by atoms with Gasteiger partial charge in [-0.1, -0.05) is 12.1 Å². The minimum atomic E-state index is -0.308. The number of ether oxygens (including phenoxy) is 2. The van der Waals surface area contributed by atoms with Crippen LogP contribution in [0.4, 0.5) is 17.2 Å². The van der Waals surface area contributed by atoms with Crippen LogP contribution in [0.2, 0.25) is 0 Å². The minimum absolute atomic E-state index is 0.226. The van der Waals surface area contributed by atoms with E-state index in [1.807, 2.05) is 49.4 Å². The van der Waals surface area contributed by atoms with E-state index >= 15 is 0 Å². The molecule has 0 radical (unpaired) electrons. The molecule has 2 heterocycles. The fourth-order valence-corrected chi connectivity index (χ4v) is 2.56. The van der Waals surface area contributed by atoms with Crippen LogP contribution in [0.5, 0.6) is 11.5 Å². The quantitative estimate of drug-likeness (QED) is 0.750. The summed E-state index contributed by atoms with van der Waals surface area (Å²) in [7, 11) is 0. The number of hydrogen-bond donors (Lipinski definition) is 2. The average Bonchev–Trinajstić information content (AvgIpc) is 3.10. The van der Waals surface area contributed by atoms with E-state index in [2.05, 4.69) is 20.8 Å². The van der Waals surface area contributed by atoms with Crippen molar-refractivity contribution in [2.24, 2.45) is 0 Å². The second-order valence-electron chi connectivity index (χ2n) is 5.82. The van der Waals surface area contributed by atoms with Gasteiger partial charge in [-0.3, -0.25) is 4.79 Å². The molecule has 1 aliphatic rings. The van der Waals surface area contributed by atoms with Crippen LogP contribution in [0.15, 0.2) is 54.6 Å². The number of aryl methyl sites for hydroxylation is 1. The normalized spacial score (nSPS) is 11.9. The Morgan fingerprint density at radius 2 is 1.85 bits per heavy atom. The molecule has 1 aliphatic heterocycles. The second kappa shape index (κ2) is 6.72. The summed E-state index contributed by atoms with van der Waals surface area (Å²) in [5.74, 6) is 1.61. The van der Waals surface area contributed by atoms with E-state index in [1.54, 1.807) is 12.1 Å². The van der Waals surface area contributed by atoms with Crippen molar-refractivity contribution in [1.29, 1.82) is 0 Å². The van der Waals surface area contributed by atoms with Crippen molar-refractivity contribution in [3.05, 3.63) is 65.9 Å². The van der Waals surface area contributed by atoms with Gasteiger partial charge in [0, 0.05) is 17.4 Å². The molecule has 0 aliphatic carbocycles. The first-order valence-electron chi connectivity index (χ1n) is 8.06. The van der Waals surface area contributed by atoms with E-state index in [0.29, 0.717) is 17.3 Å². The van der Waals surface area contributed by atoms with Crippen LogP contribution in [0, 0.1) is 6.92 Å². The van der Waals surface area contributed by atoms with Crippen LogP contribution in [-0.4, -0.2) is 22.9 Å². The van der Waals surface area contributed by atoms with Gasteiger partial charge in [-0.15, -0.1) is 10.2 Å². The molecule has 7 nitrogen and oxygen atoms in total. The number of nitrogens with one attached hydrogen (secondary N) is 2. The highest BCUT2D eigenvalue weighted by atomic mass is 16.7. The Bertz CT molecular complexity index is 957. The highest BCUT2D eigenvalue weighted by Gasteiger charge is 2.14. The summed E-state index contributed by atoms with van der Waals surface area (Å²) in [6, 6.07) is 16.4. The molecule has 0 saturated heterocycles. The van der Waals surface area contributed by atoms with Gasteiger partial charge in [0.15, 0.2) is 23.0 Å². The molecule has 0 fully saturated rings. The monoisotopic (exact) mass is 348 g/mol. The Morgan fingerprint density at radius 3 is 2.65 bits per heavy atom. The molecule has 2 aromatic carbocycles.